The molecule has 0 bridgehead atoms. The van der Waals surface area contributed by atoms with E-state index in [1.165, 1.54) is 17.0 Å². The average molecular weight is 469 g/mol. The maximum atomic E-state index is 13.6. The van der Waals surface area contributed by atoms with Crippen LogP contribution in [0.25, 0.3) is 11.0 Å². The Morgan fingerprint density at radius 1 is 1.03 bits per heavy atom. The first kappa shape index (κ1) is 22.4. The molecule has 1 atom stereocenters. The van der Waals surface area contributed by atoms with Crippen LogP contribution in [0.3, 0.4) is 0 Å². The fourth-order valence-electron chi connectivity index (χ4n) is 4.35. The van der Waals surface area contributed by atoms with E-state index in [0.29, 0.717) is 34.4 Å². The van der Waals surface area contributed by atoms with Gasteiger partial charge in [-0.2, -0.15) is 0 Å². The molecule has 0 saturated heterocycles. The van der Waals surface area contributed by atoms with Crippen LogP contribution in [0, 0.1) is 0 Å². The first-order valence-corrected chi connectivity index (χ1v) is 11.4. The number of hydrogen-bond donors (Lipinski definition) is 1. The molecule has 1 aromatic heterocycles. The molecule has 1 aliphatic heterocycles. The van der Waals surface area contributed by atoms with Crippen molar-refractivity contribution >= 4 is 28.5 Å². The van der Waals surface area contributed by atoms with Gasteiger partial charge in [-0.1, -0.05) is 37.6 Å². The molecular weight excluding hydrogens is 446 g/mol. The van der Waals surface area contributed by atoms with E-state index in [2.05, 4.69) is 0 Å². The molecule has 1 aliphatic rings. The molecule has 0 saturated carbocycles. The zero-order valence-electron chi connectivity index (χ0n) is 19.1. The van der Waals surface area contributed by atoms with Crippen molar-refractivity contribution in [1.29, 1.82) is 0 Å². The Labute approximate surface area is 201 Å². The number of rotatable bonds is 6. The number of anilines is 1. The summed E-state index contributed by atoms with van der Waals surface area (Å²) in [7, 11) is 0. The largest absolute Gasteiger partial charge is 0.508 e. The number of para-hydroxylation sites is 1. The SMILES string of the molecule is CCCCOC(=O)c1ccc(N2C(=O)c3oc4ccccc4c(=O)c3C2c2cccc(O)c2)cc1. The van der Waals surface area contributed by atoms with Crippen molar-refractivity contribution in [2.75, 3.05) is 11.5 Å². The number of ether oxygens (including phenoxy) is 1. The van der Waals surface area contributed by atoms with Crippen LogP contribution in [0.1, 0.15) is 57.8 Å². The molecule has 7 nitrogen and oxygen atoms in total. The number of nitrogens with zero attached hydrogens (tertiary/aromatic N) is 1. The highest BCUT2D eigenvalue weighted by atomic mass is 16.5. The summed E-state index contributed by atoms with van der Waals surface area (Å²) in [6, 6.07) is 18.9. The quantitative estimate of drug-likeness (QED) is 0.308. The molecule has 176 valence electrons. The lowest BCUT2D eigenvalue weighted by molar-refractivity contribution is 0.0499. The summed E-state index contributed by atoms with van der Waals surface area (Å²) in [5.74, 6) is -0.938. The van der Waals surface area contributed by atoms with Gasteiger partial charge in [-0.05, 0) is 60.5 Å². The fraction of sp³-hybridized carbons (Fsp3) is 0.179. The molecule has 4 aromatic rings. The number of benzene rings is 3. The molecule has 0 radical (unpaired) electrons. The molecule has 35 heavy (non-hydrogen) atoms. The Hall–Kier alpha value is -4.39. The van der Waals surface area contributed by atoms with E-state index in [1.54, 1.807) is 60.7 Å². The second-order valence-electron chi connectivity index (χ2n) is 8.38. The number of carbonyl (C=O) groups excluding carboxylic acids is 2. The van der Waals surface area contributed by atoms with Crippen molar-refractivity contribution in [1.82, 2.24) is 0 Å². The Kier molecular flexibility index (Phi) is 5.82. The first-order valence-electron chi connectivity index (χ1n) is 11.4. The summed E-state index contributed by atoms with van der Waals surface area (Å²) in [4.78, 5) is 40.9. The molecule has 5 rings (SSSR count). The Balaban J connectivity index is 1.61. The molecule has 0 spiro atoms. The van der Waals surface area contributed by atoms with Gasteiger partial charge in [-0.3, -0.25) is 14.5 Å². The topological polar surface area (TPSA) is 97.0 Å². The summed E-state index contributed by atoms with van der Waals surface area (Å²) < 4.78 is 11.2. The number of aromatic hydroxyl groups is 1. The van der Waals surface area contributed by atoms with Crippen LogP contribution < -0.4 is 10.3 Å². The molecule has 2 heterocycles. The molecule has 1 amide bonds. The number of phenolic OH excluding ortho intramolecular Hbond substituents is 1. The van der Waals surface area contributed by atoms with Gasteiger partial charge in [-0.25, -0.2) is 4.79 Å². The third-order valence-electron chi connectivity index (χ3n) is 6.08. The van der Waals surface area contributed by atoms with E-state index < -0.39 is 17.9 Å². The van der Waals surface area contributed by atoms with Crippen molar-refractivity contribution in [2.45, 2.75) is 25.8 Å². The third-order valence-corrected chi connectivity index (χ3v) is 6.08. The second kappa shape index (κ2) is 9.10. The lowest BCUT2D eigenvalue weighted by atomic mass is 9.98. The second-order valence-corrected chi connectivity index (χ2v) is 8.38. The lowest BCUT2D eigenvalue weighted by Gasteiger charge is -2.25. The van der Waals surface area contributed by atoms with E-state index >= 15 is 0 Å². The maximum Gasteiger partial charge on any atom is 0.338 e. The molecule has 1 unspecified atom stereocenters. The number of amides is 1. The zero-order chi connectivity index (χ0) is 24.5. The summed E-state index contributed by atoms with van der Waals surface area (Å²) in [5.41, 5.74) is 1.63. The number of phenols is 1. The van der Waals surface area contributed by atoms with E-state index in [-0.39, 0.29) is 22.5 Å². The predicted molar refractivity (Wildman–Crippen MR) is 131 cm³/mol. The number of esters is 1. The highest BCUT2D eigenvalue weighted by Gasteiger charge is 2.43. The normalized spacial score (nSPS) is 14.8. The zero-order valence-corrected chi connectivity index (χ0v) is 19.1. The summed E-state index contributed by atoms with van der Waals surface area (Å²) in [6.07, 6.45) is 1.70. The van der Waals surface area contributed by atoms with E-state index in [1.807, 2.05) is 6.92 Å². The molecule has 1 N–H and O–H groups in total. The van der Waals surface area contributed by atoms with E-state index in [0.717, 1.165) is 12.8 Å². The van der Waals surface area contributed by atoms with Gasteiger partial charge in [0.15, 0.2) is 5.43 Å². The van der Waals surface area contributed by atoms with Crippen LogP contribution in [0.5, 0.6) is 5.75 Å². The summed E-state index contributed by atoms with van der Waals surface area (Å²) in [5, 5.41) is 10.5. The average Bonchev–Trinajstić information content (AvgIpc) is 3.17. The molecular formula is C28H23NO6. The molecule has 0 fully saturated rings. The van der Waals surface area contributed by atoms with Gasteiger partial charge in [0, 0.05) is 5.69 Å². The molecule has 7 heteroatoms. The smallest absolute Gasteiger partial charge is 0.338 e. The molecule has 3 aromatic carbocycles. The Bertz CT molecular complexity index is 1490. The van der Waals surface area contributed by atoms with Crippen LogP contribution in [0.2, 0.25) is 0 Å². The van der Waals surface area contributed by atoms with Crippen molar-refractivity contribution in [2.24, 2.45) is 0 Å². The van der Waals surface area contributed by atoms with Crippen LogP contribution in [0.15, 0.2) is 82.0 Å². The number of hydrogen-bond acceptors (Lipinski definition) is 6. The van der Waals surface area contributed by atoms with Crippen molar-refractivity contribution in [3.63, 3.8) is 0 Å². The highest BCUT2D eigenvalue weighted by molar-refractivity contribution is 6.10. The van der Waals surface area contributed by atoms with Crippen LogP contribution >= 0.6 is 0 Å². The lowest BCUT2D eigenvalue weighted by Crippen LogP contribution is -2.29. The van der Waals surface area contributed by atoms with Crippen LogP contribution in [-0.4, -0.2) is 23.6 Å². The van der Waals surface area contributed by atoms with Crippen LogP contribution in [0.4, 0.5) is 5.69 Å². The summed E-state index contributed by atoms with van der Waals surface area (Å²) in [6.45, 7) is 2.36. The minimum atomic E-state index is -0.812. The predicted octanol–water partition coefficient (Wildman–Crippen LogP) is 5.21. The highest BCUT2D eigenvalue weighted by Crippen LogP contribution is 2.41. The minimum absolute atomic E-state index is 0.0127. The van der Waals surface area contributed by atoms with Gasteiger partial charge in [0.05, 0.1) is 29.2 Å². The Morgan fingerprint density at radius 2 is 1.80 bits per heavy atom. The van der Waals surface area contributed by atoms with Crippen molar-refractivity contribution in [3.05, 3.63) is 105 Å². The van der Waals surface area contributed by atoms with Crippen molar-refractivity contribution in [3.8, 4) is 5.75 Å². The minimum Gasteiger partial charge on any atom is -0.508 e. The van der Waals surface area contributed by atoms with E-state index in [9.17, 15) is 19.5 Å². The van der Waals surface area contributed by atoms with Crippen LogP contribution in [-0.2, 0) is 4.74 Å². The molecule has 0 aliphatic carbocycles. The van der Waals surface area contributed by atoms with Crippen molar-refractivity contribution < 1.29 is 23.8 Å². The van der Waals surface area contributed by atoms with Gasteiger partial charge in [0.2, 0.25) is 5.76 Å². The Morgan fingerprint density at radius 3 is 2.54 bits per heavy atom. The standard InChI is InChI=1S/C28H23NO6/c1-2-3-15-34-28(33)17-11-13-19(14-12-17)29-24(18-7-6-8-20(30)16-18)23-25(31)21-9-4-5-10-22(21)35-26(23)27(29)32/h4-14,16,24,30H,2-3,15H2,1H3. The number of carbonyl (C=O) groups is 2. The maximum absolute atomic E-state index is 13.6. The van der Waals surface area contributed by atoms with Gasteiger partial charge in [0.1, 0.15) is 11.3 Å². The van der Waals surface area contributed by atoms with E-state index in [4.69, 9.17) is 9.15 Å². The van der Waals surface area contributed by atoms with Gasteiger partial charge in [0.25, 0.3) is 5.91 Å². The summed E-state index contributed by atoms with van der Waals surface area (Å²) >= 11 is 0. The first-order chi connectivity index (χ1) is 17.0. The van der Waals surface area contributed by atoms with Gasteiger partial charge >= 0.3 is 5.97 Å². The fourth-order valence-corrected chi connectivity index (χ4v) is 4.35. The van der Waals surface area contributed by atoms with Gasteiger partial charge < -0.3 is 14.3 Å². The monoisotopic (exact) mass is 469 g/mol. The number of unbranched alkanes of at least 4 members (excludes halogenated alkanes) is 1. The van der Waals surface area contributed by atoms with Gasteiger partial charge in [-0.15, -0.1) is 0 Å². The number of fused-ring (bicyclic) bond motifs is 2. The third kappa shape index (κ3) is 3.95.